The predicted octanol–water partition coefficient (Wildman–Crippen LogP) is 2.74. The van der Waals surface area contributed by atoms with Crippen molar-refractivity contribution < 1.29 is 15.0 Å². The third kappa shape index (κ3) is 1.78. The molecule has 0 bridgehead atoms. The van der Waals surface area contributed by atoms with Crippen LogP contribution in [0.25, 0.3) is 0 Å². The van der Waals surface area contributed by atoms with Crippen LogP contribution in [-0.4, -0.2) is 27.7 Å². The predicted molar refractivity (Wildman–Crippen MR) is 88.7 cm³/mol. The Labute approximate surface area is 143 Å². The quantitative estimate of drug-likeness (QED) is 0.670. The van der Waals surface area contributed by atoms with Gasteiger partial charge in [0.25, 0.3) is 0 Å². The number of carbonyl (C=O) groups excluding carboxylic acids is 1. The number of rotatable bonds is 0. The normalized spacial score (nSPS) is 53.5. The second kappa shape index (κ2) is 4.93. The van der Waals surface area contributed by atoms with Crippen LogP contribution in [0.4, 0.5) is 0 Å². The summed E-state index contributed by atoms with van der Waals surface area (Å²) in [7, 11) is 0. The Morgan fingerprint density at radius 1 is 1.21 bits per heavy atom. The molecule has 4 nitrogen and oxygen atoms in total. The maximum absolute atomic E-state index is 11.8. The molecule has 0 radical (unpaired) electrons. The van der Waals surface area contributed by atoms with Gasteiger partial charge in [0.05, 0.1) is 6.10 Å². The van der Waals surface area contributed by atoms with Crippen LogP contribution in [0.15, 0.2) is 11.6 Å². The van der Waals surface area contributed by atoms with E-state index in [0.29, 0.717) is 24.7 Å². The van der Waals surface area contributed by atoms with Gasteiger partial charge in [0.1, 0.15) is 6.07 Å². The van der Waals surface area contributed by atoms with Crippen molar-refractivity contribution in [2.75, 3.05) is 0 Å². The summed E-state index contributed by atoms with van der Waals surface area (Å²) in [6, 6.07) is 2.05. The minimum absolute atomic E-state index is 0.0798. The number of nitriles is 1. The molecule has 0 aromatic carbocycles. The van der Waals surface area contributed by atoms with Crippen molar-refractivity contribution in [3.05, 3.63) is 11.6 Å². The van der Waals surface area contributed by atoms with Gasteiger partial charge in [0.2, 0.25) is 0 Å². The van der Waals surface area contributed by atoms with E-state index in [1.807, 2.05) is 19.1 Å². The Kier molecular flexibility index (Phi) is 3.34. The van der Waals surface area contributed by atoms with Gasteiger partial charge in [-0.1, -0.05) is 19.4 Å². The molecule has 4 aliphatic rings. The van der Waals surface area contributed by atoms with Crippen molar-refractivity contribution in [3.63, 3.8) is 0 Å². The molecule has 3 saturated carbocycles. The first-order valence-corrected chi connectivity index (χ1v) is 9.32. The average Bonchev–Trinajstić information content (AvgIpc) is 2.76. The lowest BCUT2D eigenvalue weighted by atomic mass is 9.46. The Morgan fingerprint density at radius 3 is 2.67 bits per heavy atom. The molecule has 4 rings (SSSR count). The summed E-state index contributed by atoms with van der Waals surface area (Å²) >= 11 is 0. The Bertz CT molecular complexity index is 664. The number of fused-ring (bicyclic) bond motifs is 5. The number of allylic oxidation sites excluding steroid dienone is 1. The molecule has 0 saturated heterocycles. The van der Waals surface area contributed by atoms with E-state index in [4.69, 9.17) is 0 Å². The van der Waals surface area contributed by atoms with E-state index >= 15 is 0 Å². The summed E-state index contributed by atoms with van der Waals surface area (Å²) < 4.78 is 0. The molecule has 24 heavy (non-hydrogen) atoms. The maximum Gasteiger partial charge on any atom is 0.182 e. The lowest BCUT2D eigenvalue weighted by molar-refractivity contribution is -0.125. The highest BCUT2D eigenvalue weighted by molar-refractivity contribution is 5.91. The molecule has 0 aromatic rings. The molecule has 2 N–H and O–H groups in total. The highest BCUT2D eigenvalue weighted by atomic mass is 16.3. The van der Waals surface area contributed by atoms with Crippen molar-refractivity contribution in [1.29, 1.82) is 5.26 Å². The van der Waals surface area contributed by atoms with Gasteiger partial charge in [-0.2, -0.15) is 5.26 Å². The van der Waals surface area contributed by atoms with Crippen molar-refractivity contribution >= 4 is 5.78 Å². The standard InChI is InChI=1S/C20H27NO3/c1-18-7-5-13(22)9-12(18)3-4-14-15(18)6-8-19(2)16(14)10-17(23)20(19,24)11-21/h9,14-17,23-24H,3-8,10H2,1-2H3/t14-,15+,16+,17+,18-,19-,20+/m0/s1. The third-order valence-electron chi connectivity index (χ3n) is 8.35. The largest absolute Gasteiger partial charge is 0.389 e. The van der Waals surface area contributed by atoms with E-state index < -0.39 is 17.1 Å². The molecule has 4 aliphatic carbocycles. The number of hydrogen-bond donors (Lipinski definition) is 2. The fourth-order valence-corrected chi connectivity index (χ4v) is 6.78. The monoisotopic (exact) mass is 329 g/mol. The number of aliphatic hydroxyl groups excluding tert-OH is 1. The van der Waals surface area contributed by atoms with Crippen molar-refractivity contribution in [3.8, 4) is 6.07 Å². The van der Waals surface area contributed by atoms with Gasteiger partial charge in [-0.15, -0.1) is 0 Å². The fourth-order valence-electron chi connectivity index (χ4n) is 6.78. The van der Waals surface area contributed by atoms with Crippen LogP contribution in [0.5, 0.6) is 0 Å². The van der Waals surface area contributed by atoms with Crippen molar-refractivity contribution in [2.24, 2.45) is 28.6 Å². The van der Waals surface area contributed by atoms with Crippen LogP contribution in [0.2, 0.25) is 0 Å². The van der Waals surface area contributed by atoms with Crippen LogP contribution < -0.4 is 0 Å². The van der Waals surface area contributed by atoms with Gasteiger partial charge >= 0.3 is 0 Å². The molecule has 7 atom stereocenters. The highest BCUT2D eigenvalue weighted by Crippen LogP contribution is 2.67. The van der Waals surface area contributed by atoms with Gasteiger partial charge in [-0.05, 0) is 67.8 Å². The molecular formula is C20H27NO3. The summed E-state index contributed by atoms with van der Waals surface area (Å²) in [4.78, 5) is 11.8. The third-order valence-corrected chi connectivity index (χ3v) is 8.35. The van der Waals surface area contributed by atoms with Gasteiger partial charge in [-0.25, -0.2) is 0 Å². The zero-order valence-electron chi connectivity index (χ0n) is 14.6. The summed E-state index contributed by atoms with van der Waals surface area (Å²) in [6.07, 6.45) is 6.72. The van der Waals surface area contributed by atoms with Gasteiger partial charge < -0.3 is 10.2 Å². The molecule has 0 heterocycles. The zero-order chi connectivity index (χ0) is 17.3. The second-order valence-corrected chi connectivity index (χ2v) is 9.05. The number of nitrogens with zero attached hydrogens (tertiary/aromatic N) is 1. The SMILES string of the molecule is C[C@]12CCC(=O)C=C1CC[C@H]1[C@H]2CC[C@@]2(C)[C@@H]1C[C@@H](O)[C@]2(O)C#N. The molecule has 4 heteroatoms. The first-order chi connectivity index (χ1) is 11.3. The smallest absolute Gasteiger partial charge is 0.182 e. The van der Waals surface area contributed by atoms with E-state index in [2.05, 4.69) is 6.92 Å². The van der Waals surface area contributed by atoms with Crippen LogP contribution in [0.3, 0.4) is 0 Å². The van der Waals surface area contributed by atoms with Crippen LogP contribution in [-0.2, 0) is 4.79 Å². The van der Waals surface area contributed by atoms with E-state index in [1.165, 1.54) is 5.57 Å². The molecule has 0 aliphatic heterocycles. The number of ketones is 1. The van der Waals surface area contributed by atoms with Crippen LogP contribution in [0.1, 0.15) is 58.8 Å². The summed E-state index contributed by atoms with van der Waals surface area (Å²) in [5.41, 5.74) is -0.749. The van der Waals surface area contributed by atoms with E-state index in [-0.39, 0.29) is 17.1 Å². The first-order valence-electron chi connectivity index (χ1n) is 9.32. The van der Waals surface area contributed by atoms with E-state index in [0.717, 1.165) is 32.1 Å². The van der Waals surface area contributed by atoms with Crippen molar-refractivity contribution in [2.45, 2.75) is 70.5 Å². The summed E-state index contributed by atoms with van der Waals surface area (Å²) in [5.74, 6) is 1.37. The lowest BCUT2D eigenvalue weighted by Crippen LogP contribution is -2.56. The number of carbonyl (C=O) groups is 1. The minimum atomic E-state index is -1.62. The number of hydrogen-bond acceptors (Lipinski definition) is 4. The topological polar surface area (TPSA) is 81.3 Å². The molecule has 3 fully saturated rings. The molecule has 0 aromatic heterocycles. The van der Waals surface area contributed by atoms with Gasteiger partial charge in [-0.3, -0.25) is 4.79 Å². The second-order valence-electron chi connectivity index (χ2n) is 9.05. The average molecular weight is 329 g/mol. The van der Waals surface area contributed by atoms with E-state index in [1.54, 1.807) is 0 Å². The van der Waals surface area contributed by atoms with Crippen LogP contribution >= 0.6 is 0 Å². The molecule has 0 amide bonds. The Balaban J connectivity index is 1.72. The highest BCUT2D eigenvalue weighted by Gasteiger charge is 2.67. The lowest BCUT2D eigenvalue weighted by Gasteiger charge is -2.58. The fraction of sp³-hybridized carbons (Fsp3) is 0.800. The number of aliphatic hydroxyl groups is 2. The molecule has 130 valence electrons. The first kappa shape index (κ1) is 16.3. The molecule has 0 spiro atoms. The van der Waals surface area contributed by atoms with Gasteiger partial charge in [0.15, 0.2) is 11.4 Å². The van der Waals surface area contributed by atoms with E-state index in [9.17, 15) is 20.3 Å². The molecule has 0 unspecified atom stereocenters. The Morgan fingerprint density at radius 2 is 1.96 bits per heavy atom. The van der Waals surface area contributed by atoms with Gasteiger partial charge in [0, 0.05) is 11.8 Å². The summed E-state index contributed by atoms with van der Waals surface area (Å²) in [6.45, 7) is 4.32. The van der Waals surface area contributed by atoms with Crippen molar-refractivity contribution in [1.82, 2.24) is 0 Å². The minimum Gasteiger partial charge on any atom is -0.389 e. The molecular weight excluding hydrogens is 302 g/mol. The Hall–Kier alpha value is -1.18. The van der Waals surface area contributed by atoms with Crippen LogP contribution in [0, 0.1) is 39.9 Å². The summed E-state index contributed by atoms with van der Waals surface area (Å²) in [5, 5.41) is 30.9. The maximum atomic E-state index is 11.8. The zero-order valence-corrected chi connectivity index (χ0v) is 14.6.